The molecular formula is C13H12N4O2S. The van der Waals surface area contributed by atoms with E-state index in [4.69, 9.17) is 5.26 Å². The van der Waals surface area contributed by atoms with Gasteiger partial charge >= 0.3 is 0 Å². The van der Waals surface area contributed by atoms with E-state index < -0.39 is 4.92 Å². The van der Waals surface area contributed by atoms with Crippen LogP contribution in [0.15, 0.2) is 18.3 Å². The summed E-state index contributed by atoms with van der Waals surface area (Å²) < 4.78 is 0. The Hall–Kier alpha value is -2.46. The van der Waals surface area contributed by atoms with E-state index in [0.717, 1.165) is 11.1 Å². The van der Waals surface area contributed by atoms with E-state index >= 15 is 0 Å². The van der Waals surface area contributed by atoms with Crippen LogP contribution in [0.4, 0.5) is 11.5 Å². The highest BCUT2D eigenvalue weighted by Gasteiger charge is 2.12. The van der Waals surface area contributed by atoms with Gasteiger partial charge in [0.25, 0.3) is 5.69 Å². The molecule has 0 fully saturated rings. The number of hydrogen-bond acceptors (Lipinski definition) is 6. The third-order valence-corrected chi connectivity index (χ3v) is 4.00. The van der Waals surface area contributed by atoms with Crippen LogP contribution in [0.1, 0.15) is 20.9 Å². The number of nitrogens with one attached hydrogen (secondary N) is 1. The van der Waals surface area contributed by atoms with Crippen molar-refractivity contribution in [3.63, 3.8) is 0 Å². The monoisotopic (exact) mass is 288 g/mol. The van der Waals surface area contributed by atoms with Crippen LogP contribution in [-0.4, -0.2) is 9.91 Å². The van der Waals surface area contributed by atoms with Crippen molar-refractivity contribution in [1.82, 2.24) is 4.98 Å². The number of nitrogens with zero attached hydrogens (tertiary/aromatic N) is 3. The maximum Gasteiger partial charge on any atom is 0.289 e. The van der Waals surface area contributed by atoms with E-state index in [-0.39, 0.29) is 11.3 Å². The van der Waals surface area contributed by atoms with Crippen molar-refractivity contribution < 1.29 is 4.92 Å². The number of anilines is 1. The van der Waals surface area contributed by atoms with Gasteiger partial charge in [0.05, 0.1) is 11.5 Å². The van der Waals surface area contributed by atoms with Crippen LogP contribution in [0.3, 0.4) is 0 Å². The van der Waals surface area contributed by atoms with Gasteiger partial charge in [-0.25, -0.2) is 4.98 Å². The molecule has 0 aliphatic carbocycles. The molecule has 6 nitrogen and oxygen atoms in total. The molecule has 0 unspecified atom stereocenters. The van der Waals surface area contributed by atoms with E-state index in [1.165, 1.54) is 16.5 Å². The second kappa shape index (κ2) is 5.67. The van der Waals surface area contributed by atoms with Crippen molar-refractivity contribution >= 4 is 22.8 Å². The van der Waals surface area contributed by atoms with E-state index in [0.29, 0.717) is 12.4 Å². The molecule has 0 saturated heterocycles. The number of aryl methyl sites for hydroxylation is 2. The minimum Gasteiger partial charge on any atom is -0.364 e. The average molecular weight is 288 g/mol. The van der Waals surface area contributed by atoms with Crippen LogP contribution in [0.25, 0.3) is 0 Å². The van der Waals surface area contributed by atoms with E-state index in [2.05, 4.69) is 16.4 Å². The fraction of sp³-hybridized carbons (Fsp3) is 0.231. The summed E-state index contributed by atoms with van der Waals surface area (Å²) >= 11 is 1.67. The third-order valence-electron chi connectivity index (χ3n) is 2.85. The average Bonchev–Trinajstić information content (AvgIpc) is 2.75. The SMILES string of the molecule is Cc1cc(CNc2ncc([N+](=O)[O-])cc2C#N)sc1C. The summed E-state index contributed by atoms with van der Waals surface area (Å²) in [6, 6.07) is 5.21. The number of pyridine rings is 1. The molecule has 2 aromatic heterocycles. The van der Waals surface area contributed by atoms with Gasteiger partial charge in [0.1, 0.15) is 23.6 Å². The van der Waals surface area contributed by atoms with Crippen molar-refractivity contribution in [1.29, 1.82) is 5.26 Å². The van der Waals surface area contributed by atoms with Crippen molar-refractivity contribution in [2.75, 3.05) is 5.32 Å². The molecule has 2 rings (SSSR count). The Morgan fingerprint density at radius 2 is 2.25 bits per heavy atom. The molecule has 20 heavy (non-hydrogen) atoms. The highest BCUT2D eigenvalue weighted by molar-refractivity contribution is 7.12. The first-order valence-electron chi connectivity index (χ1n) is 5.85. The number of aromatic nitrogens is 1. The number of nitriles is 1. The van der Waals surface area contributed by atoms with Gasteiger partial charge in [-0.15, -0.1) is 11.3 Å². The molecule has 0 saturated carbocycles. The lowest BCUT2D eigenvalue weighted by atomic mass is 10.2. The van der Waals surface area contributed by atoms with Crippen molar-refractivity contribution in [2.24, 2.45) is 0 Å². The third kappa shape index (κ3) is 2.92. The topological polar surface area (TPSA) is 91.8 Å². The Bertz CT molecular complexity index is 683. The van der Waals surface area contributed by atoms with E-state index in [1.54, 1.807) is 11.3 Å². The second-order valence-corrected chi connectivity index (χ2v) is 5.60. The zero-order valence-corrected chi connectivity index (χ0v) is 11.8. The number of hydrogen-bond donors (Lipinski definition) is 1. The lowest BCUT2D eigenvalue weighted by Gasteiger charge is -2.05. The summed E-state index contributed by atoms with van der Waals surface area (Å²) in [4.78, 5) is 16.4. The minimum atomic E-state index is -0.566. The van der Waals surface area contributed by atoms with Crippen molar-refractivity contribution in [3.05, 3.63) is 49.3 Å². The summed E-state index contributed by atoms with van der Waals surface area (Å²) in [7, 11) is 0. The van der Waals surface area contributed by atoms with E-state index in [1.807, 2.05) is 19.9 Å². The molecule has 0 spiro atoms. The maximum atomic E-state index is 10.6. The van der Waals surface area contributed by atoms with Gasteiger partial charge in [-0.1, -0.05) is 0 Å². The highest BCUT2D eigenvalue weighted by Crippen LogP contribution is 2.23. The first kappa shape index (κ1) is 14.0. The normalized spacial score (nSPS) is 10.1. The Morgan fingerprint density at radius 3 is 2.80 bits per heavy atom. The lowest BCUT2D eigenvalue weighted by molar-refractivity contribution is -0.385. The van der Waals surface area contributed by atoms with Crippen LogP contribution >= 0.6 is 11.3 Å². The molecule has 102 valence electrons. The molecule has 7 heteroatoms. The van der Waals surface area contributed by atoms with E-state index in [9.17, 15) is 10.1 Å². The maximum absolute atomic E-state index is 10.6. The summed E-state index contributed by atoms with van der Waals surface area (Å²) in [5.41, 5.74) is 1.21. The van der Waals surface area contributed by atoms with Crippen LogP contribution in [0.2, 0.25) is 0 Å². The molecule has 0 radical (unpaired) electrons. The molecule has 1 N–H and O–H groups in total. The largest absolute Gasteiger partial charge is 0.364 e. The molecular weight excluding hydrogens is 276 g/mol. The molecule has 0 aromatic carbocycles. The Kier molecular flexibility index (Phi) is 3.96. The second-order valence-electron chi connectivity index (χ2n) is 4.26. The minimum absolute atomic E-state index is 0.171. The molecule has 0 atom stereocenters. The van der Waals surface area contributed by atoms with Crippen molar-refractivity contribution in [3.8, 4) is 6.07 Å². The molecule has 0 amide bonds. The summed E-state index contributed by atoms with van der Waals surface area (Å²) in [5.74, 6) is 0.363. The molecule has 0 bridgehead atoms. The number of thiophene rings is 1. The Morgan fingerprint density at radius 1 is 1.50 bits per heavy atom. The first-order chi connectivity index (χ1) is 9.51. The number of rotatable bonds is 4. The fourth-order valence-electron chi connectivity index (χ4n) is 1.69. The lowest BCUT2D eigenvalue weighted by Crippen LogP contribution is -2.03. The fourth-order valence-corrected chi connectivity index (χ4v) is 2.68. The summed E-state index contributed by atoms with van der Waals surface area (Å²) in [5, 5.41) is 22.7. The smallest absolute Gasteiger partial charge is 0.289 e. The van der Waals surface area contributed by atoms with Gasteiger partial charge in [0, 0.05) is 15.8 Å². The Labute approximate surface area is 119 Å². The Balaban J connectivity index is 2.17. The molecule has 0 aliphatic heterocycles. The van der Waals surface area contributed by atoms with Crippen LogP contribution < -0.4 is 5.32 Å². The van der Waals surface area contributed by atoms with Gasteiger partial charge in [-0.2, -0.15) is 5.26 Å². The quantitative estimate of drug-likeness (QED) is 0.689. The summed E-state index contributed by atoms with van der Waals surface area (Å²) in [6.45, 7) is 4.63. The van der Waals surface area contributed by atoms with Gasteiger partial charge in [-0.05, 0) is 25.5 Å². The van der Waals surface area contributed by atoms with Gasteiger partial charge in [0.2, 0.25) is 0 Å². The standard InChI is InChI=1S/C13H12N4O2S/c1-8-3-12(20-9(8)2)7-16-13-10(5-14)4-11(6-15-13)17(18)19/h3-4,6H,7H2,1-2H3,(H,15,16). The zero-order chi connectivity index (χ0) is 14.7. The number of nitro groups is 1. The zero-order valence-electron chi connectivity index (χ0n) is 11.0. The predicted octanol–water partition coefficient (Wildman–Crippen LogP) is 3.15. The van der Waals surface area contributed by atoms with Crippen LogP contribution in [0, 0.1) is 35.3 Å². The predicted molar refractivity (Wildman–Crippen MR) is 76.7 cm³/mol. The molecule has 0 aliphatic rings. The molecule has 2 aromatic rings. The van der Waals surface area contributed by atoms with Gasteiger partial charge in [-0.3, -0.25) is 10.1 Å². The van der Waals surface area contributed by atoms with Gasteiger partial charge in [0.15, 0.2) is 0 Å². The highest BCUT2D eigenvalue weighted by atomic mass is 32.1. The molecule has 2 heterocycles. The first-order valence-corrected chi connectivity index (χ1v) is 6.67. The van der Waals surface area contributed by atoms with Gasteiger partial charge < -0.3 is 5.32 Å². The summed E-state index contributed by atoms with van der Waals surface area (Å²) in [6.07, 6.45) is 1.15. The van der Waals surface area contributed by atoms with Crippen LogP contribution in [0.5, 0.6) is 0 Å². The van der Waals surface area contributed by atoms with Crippen LogP contribution in [-0.2, 0) is 6.54 Å². The van der Waals surface area contributed by atoms with Crippen molar-refractivity contribution in [2.45, 2.75) is 20.4 Å².